The zero-order valence-corrected chi connectivity index (χ0v) is 14.5. The van der Waals surface area contributed by atoms with Gasteiger partial charge in [-0.05, 0) is 67.0 Å². The zero-order chi connectivity index (χ0) is 17.5. The van der Waals surface area contributed by atoms with Crippen LogP contribution in [-0.2, 0) is 17.6 Å². The van der Waals surface area contributed by atoms with Gasteiger partial charge in [0.1, 0.15) is 17.3 Å². The number of phenolic OH excluding ortho intramolecular Hbond substituents is 2. The molecule has 3 heteroatoms. The van der Waals surface area contributed by atoms with E-state index in [0.717, 1.165) is 36.0 Å². The van der Waals surface area contributed by atoms with E-state index in [9.17, 15) is 15.0 Å². The number of ketones is 1. The lowest BCUT2D eigenvalue weighted by molar-refractivity contribution is -0.119. The van der Waals surface area contributed by atoms with Gasteiger partial charge in [0, 0.05) is 12.8 Å². The Morgan fingerprint density at radius 3 is 2.33 bits per heavy atom. The van der Waals surface area contributed by atoms with Gasteiger partial charge in [-0.15, -0.1) is 0 Å². The second kappa shape index (κ2) is 8.53. The van der Waals surface area contributed by atoms with Crippen molar-refractivity contribution < 1.29 is 15.0 Å². The Labute approximate surface area is 144 Å². The number of hydrogen-bond donors (Lipinski definition) is 2. The van der Waals surface area contributed by atoms with E-state index in [4.69, 9.17) is 0 Å². The Morgan fingerprint density at radius 2 is 1.67 bits per heavy atom. The van der Waals surface area contributed by atoms with Crippen molar-refractivity contribution >= 4 is 5.78 Å². The molecule has 0 unspecified atom stereocenters. The lowest BCUT2D eigenvalue weighted by Gasteiger charge is -2.11. The van der Waals surface area contributed by atoms with E-state index in [2.05, 4.69) is 6.92 Å². The third kappa shape index (κ3) is 5.73. The van der Waals surface area contributed by atoms with E-state index < -0.39 is 0 Å². The number of phenols is 2. The minimum absolute atomic E-state index is 0.251. The molecule has 0 fully saturated rings. The van der Waals surface area contributed by atoms with Crippen molar-refractivity contribution in [2.24, 2.45) is 5.92 Å². The van der Waals surface area contributed by atoms with Crippen LogP contribution in [0.1, 0.15) is 42.9 Å². The third-order valence-corrected chi connectivity index (χ3v) is 4.40. The Hall–Kier alpha value is -2.29. The van der Waals surface area contributed by atoms with Crippen molar-refractivity contribution in [3.05, 3.63) is 59.2 Å². The average Bonchev–Trinajstić information content (AvgIpc) is 2.55. The number of benzene rings is 2. The molecule has 0 saturated heterocycles. The van der Waals surface area contributed by atoms with E-state index in [1.807, 2.05) is 37.3 Å². The fourth-order valence-electron chi connectivity index (χ4n) is 2.76. The first kappa shape index (κ1) is 18.1. The number of aromatic hydroxyl groups is 2. The molecule has 0 aliphatic heterocycles. The molecule has 0 aliphatic rings. The van der Waals surface area contributed by atoms with Crippen molar-refractivity contribution in [2.75, 3.05) is 0 Å². The van der Waals surface area contributed by atoms with Gasteiger partial charge in [-0.3, -0.25) is 4.79 Å². The molecule has 2 N–H and O–H groups in total. The monoisotopic (exact) mass is 326 g/mol. The third-order valence-electron chi connectivity index (χ3n) is 4.40. The number of carbonyl (C=O) groups is 1. The van der Waals surface area contributed by atoms with Crippen LogP contribution < -0.4 is 0 Å². The second-order valence-corrected chi connectivity index (χ2v) is 6.67. The van der Waals surface area contributed by atoms with Gasteiger partial charge in [0.05, 0.1) is 0 Å². The van der Waals surface area contributed by atoms with Crippen LogP contribution in [0.25, 0.3) is 0 Å². The molecule has 0 radical (unpaired) electrons. The number of Topliss-reactive ketones (excluding diaryl/α,β-unsaturated/α-hetero) is 1. The van der Waals surface area contributed by atoms with E-state index in [0.29, 0.717) is 24.5 Å². The highest BCUT2D eigenvalue weighted by molar-refractivity contribution is 5.78. The summed E-state index contributed by atoms with van der Waals surface area (Å²) in [7, 11) is 0. The molecule has 3 nitrogen and oxygen atoms in total. The number of aryl methyl sites for hydroxylation is 3. The van der Waals surface area contributed by atoms with Crippen LogP contribution in [0.4, 0.5) is 0 Å². The molecule has 0 saturated carbocycles. The highest BCUT2D eigenvalue weighted by Crippen LogP contribution is 2.21. The van der Waals surface area contributed by atoms with Crippen molar-refractivity contribution in [2.45, 2.75) is 46.0 Å². The summed E-state index contributed by atoms with van der Waals surface area (Å²) in [6.07, 6.45) is 3.67. The topological polar surface area (TPSA) is 57.5 Å². The SMILES string of the molecule is Cc1ccc(CC[C@H](C)CC(=O)CCc2ccc(O)cc2)cc1O. The van der Waals surface area contributed by atoms with Crippen LogP contribution in [-0.4, -0.2) is 16.0 Å². The summed E-state index contributed by atoms with van der Waals surface area (Å²) in [6, 6.07) is 12.8. The van der Waals surface area contributed by atoms with Gasteiger partial charge < -0.3 is 10.2 Å². The van der Waals surface area contributed by atoms with Gasteiger partial charge in [-0.2, -0.15) is 0 Å². The first-order valence-electron chi connectivity index (χ1n) is 8.52. The predicted octanol–water partition coefficient (Wildman–Crippen LogP) is 4.57. The average molecular weight is 326 g/mol. The second-order valence-electron chi connectivity index (χ2n) is 6.67. The van der Waals surface area contributed by atoms with Crippen LogP contribution in [0.5, 0.6) is 11.5 Å². The quantitative estimate of drug-likeness (QED) is 0.747. The summed E-state index contributed by atoms with van der Waals surface area (Å²) in [5.74, 6) is 1.20. The maximum Gasteiger partial charge on any atom is 0.133 e. The zero-order valence-electron chi connectivity index (χ0n) is 14.5. The molecule has 0 aromatic heterocycles. The first-order valence-corrected chi connectivity index (χ1v) is 8.52. The summed E-state index contributed by atoms with van der Waals surface area (Å²) in [5, 5.41) is 19.0. The molecule has 2 rings (SSSR count). The minimum atomic E-state index is 0.251. The summed E-state index contributed by atoms with van der Waals surface area (Å²) in [6.45, 7) is 3.99. The van der Waals surface area contributed by atoms with Crippen molar-refractivity contribution in [3.63, 3.8) is 0 Å². The first-order chi connectivity index (χ1) is 11.4. The molecule has 0 spiro atoms. The number of rotatable bonds is 8. The van der Waals surface area contributed by atoms with Gasteiger partial charge in [0.25, 0.3) is 0 Å². The van der Waals surface area contributed by atoms with Crippen LogP contribution in [0.15, 0.2) is 42.5 Å². The normalized spacial score (nSPS) is 12.1. The van der Waals surface area contributed by atoms with Gasteiger partial charge in [-0.25, -0.2) is 0 Å². The molecule has 128 valence electrons. The van der Waals surface area contributed by atoms with Crippen LogP contribution >= 0.6 is 0 Å². The Balaban J connectivity index is 1.72. The van der Waals surface area contributed by atoms with Crippen molar-refractivity contribution in [3.8, 4) is 11.5 Å². The van der Waals surface area contributed by atoms with Crippen LogP contribution in [0.2, 0.25) is 0 Å². The Bertz CT molecular complexity index is 674. The Kier molecular flexibility index (Phi) is 6.42. The van der Waals surface area contributed by atoms with E-state index >= 15 is 0 Å². The molecule has 24 heavy (non-hydrogen) atoms. The fourth-order valence-corrected chi connectivity index (χ4v) is 2.76. The molecular weight excluding hydrogens is 300 g/mol. The molecule has 0 amide bonds. The maximum atomic E-state index is 12.1. The molecule has 2 aromatic rings. The number of hydrogen-bond acceptors (Lipinski definition) is 3. The molecule has 0 bridgehead atoms. The van der Waals surface area contributed by atoms with Gasteiger partial charge in [0.15, 0.2) is 0 Å². The smallest absolute Gasteiger partial charge is 0.133 e. The fraction of sp³-hybridized carbons (Fsp3) is 0.381. The summed E-state index contributed by atoms with van der Waals surface area (Å²) in [5.41, 5.74) is 3.07. The van der Waals surface area contributed by atoms with Gasteiger partial charge in [-0.1, -0.05) is 31.2 Å². The lowest BCUT2D eigenvalue weighted by Crippen LogP contribution is -2.07. The van der Waals surface area contributed by atoms with Gasteiger partial charge >= 0.3 is 0 Å². The Morgan fingerprint density at radius 1 is 1.00 bits per heavy atom. The predicted molar refractivity (Wildman–Crippen MR) is 96.4 cm³/mol. The van der Waals surface area contributed by atoms with E-state index in [1.165, 1.54) is 0 Å². The van der Waals surface area contributed by atoms with E-state index in [-0.39, 0.29) is 11.5 Å². The summed E-state index contributed by atoms with van der Waals surface area (Å²) >= 11 is 0. The lowest BCUT2D eigenvalue weighted by atomic mass is 9.94. The van der Waals surface area contributed by atoms with Crippen LogP contribution in [0, 0.1) is 12.8 Å². The minimum Gasteiger partial charge on any atom is -0.508 e. The molecule has 0 heterocycles. The standard InChI is InChI=1S/C21H26O3/c1-15(3-5-18-6-4-16(2)21(24)14-18)13-20(23)12-9-17-7-10-19(22)11-8-17/h4,6-8,10-11,14-15,22,24H,3,5,9,12-13H2,1-2H3/t15-/m0/s1. The maximum absolute atomic E-state index is 12.1. The summed E-state index contributed by atoms with van der Waals surface area (Å²) in [4.78, 5) is 12.1. The van der Waals surface area contributed by atoms with Crippen molar-refractivity contribution in [1.29, 1.82) is 0 Å². The van der Waals surface area contributed by atoms with E-state index in [1.54, 1.807) is 12.1 Å². The molecular formula is C21H26O3. The molecule has 1 atom stereocenters. The number of carbonyl (C=O) groups excluding carboxylic acids is 1. The summed E-state index contributed by atoms with van der Waals surface area (Å²) < 4.78 is 0. The van der Waals surface area contributed by atoms with Gasteiger partial charge in [0.2, 0.25) is 0 Å². The van der Waals surface area contributed by atoms with Crippen LogP contribution in [0.3, 0.4) is 0 Å². The molecule has 2 aromatic carbocycles. The largest absolute Gasteiger partial charge is 0.508 e. The highest BCUT2D eigenvalue weighted by atomic mass is 16.3. The molecule has 0 aliphatic carbocycles. The van der Waals surface area contributed by atoms with Crippen molar-refractivity contribution in [1.82, 2.24) is 0 Å². The highest BCUT2D eigenvalue weighted by Gasteiger charge is 2.10.